The van der Waals surface area contributed by atoms with Crippen molar-refractivity contribution in [2.45, 2.75) is 0 Å². The highest BCUT2D eigenvalue weighted by Gasteiger charge is 2.10. The van der Waals surface area contributed by atoms with E-state index in [2.05, 4.69) is 30.9 Å². The zero-order valence-electron chi connectivity index (χ0n) is 16.1. The Hall–Kier alpha value is -4.11. The van der Waals surface area contributed by atoms with E-state index in [0.29, 0.717) is 30.1 Å². The number of anilines is 1. The molecule has 0 bridgehead atoms. The lowest BCUT2D eigenvalue weighted by molar-refractivity contribution is 0.0955. The first-order valence-electron chi connectivity index (χ1n) is 9.38. The molecular weight excluding hydrogens is 380 g/mol. The third-order valence-corrected chi connectivity index (χ3v) is 4.35. The van der Waals surface area contributed by atoms with E-state index in [4.69, 9.17) is 5.73 Å². The van der Waals surface area contributed by atoms with Crippen molar-refractivity contribution in [3.05, 3.63) is 78.2 Å². The quantitative estimate of drug-likeness (QED) is 0.322. The zero-order valence-corrected chi connectivity index (χ0v) is 16.1. The number of aromatic nitrogens is 4. The number of nitrogens with zero attached hydrogens (tertiary/aromatic N) is 5. The van der Waals surface area contributed by atoms with Gasteiger partial charge >= 0.3 is 0 Å². The Bertz CT molecular complexity index is 1170. The third kappa shape index (κ3) is 4.15. The molecule has 4 N–H and O–H groups in total. The molecule has 0 spiro atoms. The summed E-state index contributed by atoms with van der Waals surface area (Å²) in [5.74, 6) is 0.400. The summed E-state index contributed by atoms with van der Waals surface area (Å²) in [6, 6.07) is 16.8. The van der Waals surface area contributed by atoms with Crippen molar-refractivity contribution in [3.8, 4) is 5.69 Å². The number of carbonyl (C=O) groups is 1. The largest absolute Gasteiger partial charge is 0.351 e. The van der Waals surface area contributed by atoms with Gasteiger partial charge in [0.05, 0.1) is 23.5 Å². The van der Waals surface area contributed by atoms with E-state index in [0.717, 1.165) is 16.6 Å². The second-order valence-electron chi connectivity index (χ2n) is 6.39. The predicted octanol–water partition coefficient (Wildman–Crippen LogP) is 1.95. The second kappa shape index (κ2) is 8.93. The molecule has 9 nitrogen and oxygen atoms in total. The number of amides is 1. The lowest BCUT2D eigenvalue weighted by atomic mass is 10.1. The first-order valence-corrected chi connectivity index (χ1v) is 9.38. The number of hydrogen-bond acceptors (Lipinski definition) is 7. The van der Waals surface area contributed by atoms with Crippen LogP contribution in [0.4, 0.5) is 5.82 Å². The van der Waals surface area contributed by atoms with E-state index in [9.17, 15) is 4.79 Å². The molecule has 4 aromatic rings. The topological polar surface area (TPSA) is 123 Å². The van der Waals surface area contributed by atoms with Crippen LogP contribution in [-0.4, -0.2) is 45.0 Å². The highest BCUT2D eigenvalue weighted by Crippen LogP contribution is 2.21. The van der Waals surface area contributed by atoms with Crippen molar-refractivity contribution in [3.63, 3.8) is 0 Å². The van der Waals surface area contributed by atoms with Crippen LogP contribution in [0.2, 0.25) is 0 Å². The molecule has 0 fully saturated rings. The summed E-state index contributed by atoms with van der Waals surface area (Å²) < 4.78 is 1.75. The van der Waals surface area contributed by atoms with Crippen molar-refractivity contribution in [2.75, 3.05) is 18.5 Å². The van der Waals surface area contributed by atoms with Crippen LogP contribution in [0, 0.1) is 0 Å². The molecule has 0 atom stereocenters. The van der Waals surface area contributed by atoms with Crippen molar-refractivity contribution in [1.29, 1.82) is 0 Å². The van der Waals surface area contributed by atoms with Crippen molar-refractivity contribution in [2.24, 2.45) is 10.8 Å². The second-order valence-corrected chi connectivity index (χ2v) is 6.39. The van der Waals surface area contributed by atoms with Gasteiger partial charge < -0.3 is 11.1 Å². The Kier molecular flexibility index (Phi) is 5.72. The predicted molar refractivity (Wildman–Crippen MR) is 116 cm³/mol. The van der Waals surface area contributed by atoms with Crippen molar-refractivity contribution >= 4 is 29.0 Å². The summed E-state index contributed by atoms with van der Waals surface area (Å²) in [6.07, 6.45) is 4.82. The highest BCUT2D eigenvalue weighted by molar-refractivity contribution is 5.95. The van der Waals surface area contributed by atoms with Crippen LogP contribution < -0.4 is 16.5 Å². The van der Waals surface area contributed by atoms with Gasteiger partial charge in [-0.1, -0.05) is 30.3 Å². The molecular formula is C21H20N8O. The molecule has 150 valence electrons. The maximum Gasteiger partial charge on any atom is 0.251 e. The molecule has 0 aliphatic heterocycles. The fourth-order valence-corrected chi connectivity index (χ4v) is 2.87. The van der Waals surface area contributed by atoms with Gasteiger partial charge in [-0.3, -0.25) is 10.2 Å². The molecule has 2 aromatic carbocycles. The molecule has 9 heteroatoms. The average molecular weight is 400 g/mol. The summed E-state index contributed by atoms with van der Waals surface area (Å²) in [4.78, 5) is 20.5. The van der Waals surface area contributed by atoms with Crippen LogP contribution in [0.3, 0.4) is 0 Å². The maximum absolute atomic E-state index is 11.9. The van der Waals surface area contributed by atoms with Crippen LogP contribution in [0.1, 0.15) is 15.9 Å². The minimum Gasteiger partial charge on any atom is -0.351 e. The smallest absolute Gasteiger partial charge is 0.251 e. The number of benzene rings is 2. The lowest BCUT2D eigenvalue weighted by Crippen LogP contribution is -2.28. The van der Waals surface area contributed by atoms with Gasteiger partial charge in [0.1, 0.15) is 6.33 Å². The van der Waals surface area contributed by atoms with Gasteiger partial charge in [0.2, 0.25) is 0 Å². The number of carbonyl (C=O) groups excluding carboxylic acids is 1. The van der Waals surface area contributed by atoms with Crippen LogP contribution in [0.5, 0.6) is 0 Å². The Morgan fingerprint density at radius 2 is 1.90 bits per heavy atom. The lowest BCUT2D eigenvalue weighted by Gasteiger charge is -2.04. The van der Waals surface area contributed by atoms with Gasteiger partial charge in [0.15, 0.2) is 11.5 Å². The minimum absolute atomic E-state index is 0.152. The molecule has 2 aromatic heterocycles. The van der Waals surface area contributed by atoms with E-state index in [1.165, 1.54) is 6.33 Å². The Labute approximate surface area is 172 Å². The van der Waals surface area contributed by atoms with Gasteiger partial charge in [0, 0.05) is 18.7 Å². The molecule has 0 radical (unpaired) electrons. The van der Waals surface area contributed by atoms with Crippen LogP contribution >= 0.6 is 0 Å². The zero-order chi connectivity index (χ0) is 20.8. The highest BCUT2D eigenvalue weighted by atomic mass is 16.1. The fourth-order valence-electron chi connectivity index (χ4n) is 2.87. The van der Waals surface area contributed by atoms with Crippen molar-refractivity contribution < 1.29 is 4.79 Å². The molecule has 4 rings (SSSR count). The molecule has 0 aliphatic carbocycles. The summed E-state index contributed by atoms with van der Waals surface area (Å²) in [5, 5.41) is 12.2. The molecule has 1 amide bonds. The minimum atomic E-state index is -0.152. The van der Waals surface area contributed by atoms with Crippen molar-refractivity contribution in [1.82, 2.24) is 25.1 Å². The summed E-state index contributed by atoms with van der Waals surface area (Å²) in [7, 11) is 0. The first kappa shape index (κ1) is 19.2. The number of fused-ring (bicyclic) bond motifs is 1. The molecule has 0 unspecified atom stereocenters. The molecule has 0 saturated carbocycles. The van der Waals surface area contributed by atoms with E-state index >= 15 is 0 Å². The summed E-state index contributed by atoms with van der Waals surface area (Å²) in [5.41, 5.74) is 11.3. The SMILES string of the molecule is NCCNC(=O)c1ccc(/C=N\Nc2ncnc3c2cnn3-c2ccccc2)cc1. The summed E-state index contributed by atoms with van der Waals surface area (Å²) >= 11 is 0. The third-order valence-electron chi connectivity index (χ3n) is 4.35. The Balaban J connectivity index is 1.48. The number of rotatable bonds is 7. The maximum atomic E-state index is 11.9. The van der Waals surface area contributed by atoms with Gasteiger partial charge in [-0.2, -0.15) is 10.2 Å². The van der Waals surface area contributed by atoms with E-state index in [-0.39, 0.29) is 5.91 Å². The van der Waals surface area contributed by atoms with Crippen LogP contribution in [-0.2, 0) is 0 Å². The standard InChI is InChI=1S/C21H20N8O/c22-10-11-23-21(30)16-8-6-15(7-9-16)12-26-28-19-18-13-27-29(20(18)25-14-24-19)17-4-2-1-3-5-17/h1-9,12-14H,10-11,22H2,(H,23,30)(H,24,25,28)/b26-12-. The first-order chi connectivity index (χ1) is 14.8. The molecule has 0 saturated heterocycles. The summed E-state index contributed by atoms with van der Waals surface area (Å²) in [6.45, 7) is 0.850. The number of hydrazone groups is 1. The fraction of sp³-hybridized carbons (Fsp3) is 0.0952. The number of nitrogens with two attached hydrogens (primary N) is 1. The van der Waals surface area contributed by atoms with Gasteiger partial charge in [-0.25, -0.2) is 14.6 Å². The van der Waals surface area contributed by atoms with Crippen LogP contribution in [0.15, 0.2) is 72.2 Å². The number of hydrogen-bond donors (Lipinski definition) is 3. The monoisotopic (exact) mass is 400 g/mol. The molecule has 30 heavy (non-hydrogen) atoms. The van der Waals surface area contributed by atoms with Gasteiger partial charge in [-0.05, 0) is 29.8 Å². The number of para-hydroxylation sites is 1. The van der Waals surface area contributed by atoms with Gasteiger partial charge in [0.25, 0.3) is 5.91 Å². The number of nitrogens with one attached hydrogen (secondary N) is 2. The van der Waals surface area contributed by atoms with Gasteiger partial charge in [-0.15, -0.1) is 0 Å². The molecule has 0 aliphatic rings. The molecule has 2 heterocycles. The van der Waals surface area contributed by atoms with E-state index in [1.807, 2.05) is 42.5 Å². The Morgan fingerprint density at radius 3 is 2.67 bits per heavy atom. The van der Waals surface area contributed by atoms with Crippen LogP contribution in [0.25, 0.3) is 16.7 Å². The normalized spacial score (nSPS) is 11.1. The van der Waals surface area contributed by atoms with E-state index in [1.54, 1.807) is 29.2 Å². The average Bonchev–Trinajstić information content (AvgIpc) is 3.23. The Morgan fingerprint density at radius 1 is 1.10 bits per heavy atom. The van der Waals surface area contributed by atoms with E-state index < -0.39 is 0 Å².